The molecule has 0 spiro atoms. The van der Waals surface area contributed by atoms with Crippen molar-refractivity contribution in [1.82, 2.24) is 15.2 Å². The largest absolute Gasteiger partial charge is 0.353 e. The molecule has 136 valence electrons. The first-order valence-electron chi connectivity index (χ1n) is 8.36. The molecule has 0 radical (unpaired) electrons. The second-order valence-electron chi connectivity index (χ2n) is 6.40. The minimum Gasteiger partial charge on any atom is -0.353 e. The van der Waals surface area contributed by atoms with Crippen LogP contribution in [-0.2, 0) is 19.4 Å². The first kappa shape index (κ1) is 17.7. The minimum atomic E-state index is -3.04. The molecule has 3 heterocycles. The Hall–Kier alpha value is -2.16. The van der Waals surface area contributed by atoms with Gasteiger partial charge in [-0.05, 0) is 18.6 Å². The van der Waals surface area contributed by atoms with Crippen molar-refractivity contribution < 1.29 is 18.0 Å². The number of nitrogens with zero attached hydrogens (tertiary/aromatic N) is 3. The lowest BCUT2D eigenvalue weighted by atomic mass is 10.2. The molecule has 2 saturated heterocycles. The normalized spacial score (nSPS) is 22.6. The Bertz CT molecular complexity index is 730. The van der Waals surface area contributed by atoms with E-state index in [4.69, 9.17) is 0 Å². The van der Waals surface area contributed by atoms with E-state index in [1.807, 2.05) is 18.2 Å². The Morgan fingerprint density at radius 2 is 1.96 bits per heavy atom. The van der Waals surface area contributed by atoms with Crippen molar-refractivity contribution in [2.24, 2.45) is 0 Å². The zero-order chi connectivity index (χ0) is 17.9. The molecule has 8 nitrogen and oxygen atoms in total. The molecule has 2 amide bonds. The maximum atomic E-state index is 12.3. The number of piperazine rings is 1. The third-order valence-corrected chi connectivity index (χ3v) is 6.28. The van der Waals surface area contributed by atoms with E-state index in [0.29, 0.717) is 32.6 Å². The first-order valence-corrected chi connectivity index (χ1v) is 10.2. The number of rotatable bonds is 4. The monoisotopic (exact) mass is 366 g/mol. The molecule has 25 heavy (non-hydrogen) atoms. The van der Waals surface area contributed by atoms with Crippen LogP contribution in [0.3, 0.4) is 0 Å². The maximum absolute atomic E-state index is 12.3. The SMILES string of the molecule is O=C(CC(=O)N1CCN(c2ccccn2)CC1)NC1CCS(=O)(=O)C1. The van der Waals surface area contributed by atoms with E-state index < -0.39 is 15.7 Å². The summed E-state index contributed by atoms with van der Waals surface area (Å²) in [6.45, 7) is 2.43. The lowest BCUT2D eigenvalue weighted by Crippen LogP contribution is -2.50. The summed E-state index contributed by atoms with van der Waals surface area (Å²) in [7, 11) is -3.04. The number of sulfone groups is 1. The van der Waals surface area contributed by atoms with Gasteiger partial charge in [0.25, 0.3) is 0 Å². The number of nitrogens with one attached hydrogen (secondary N) is 1. The zero-order valence-corrected chi connectivity index (χ0v) is 14.7. The van der Waals surface area contributed by atoms with Gasteiger partial charge in [0.15, 0.2) is 9.84 Å². The van der Waals surface area contributed by atoms with Crippen LogP contribution in [0.2, 0.25) is 0 Å². The summed E-state index contributed by atoms with van der Waals surface area (Å²) in [6, 6.07) is 5.34. The van der Waals surface area contributed by atoms with Gasteiger partial charge in [0.1, 0.15) is 12.2 Å². The van der Waals surface area contributed by atoms with Crippen molar-refractivity contribution in [3.8, 4) is 0 Å². The number of hydrogen-bond donors (Lipinski definition) is 1. The highest BCUT2D eigenvalue weighted by atomic mass is 32.2. The van der Waals surface area contributed by atoms with Crippen molar-refractivity contribution in [2.45, 2.75) is 18.9 Å². The fraction of sp³-hybridized carbons (Fsp3) is 0.562. The number of aromatic nitrogens is 1. The maximum Gasteiger partial charge on any atom is 0.232 e. The van der Waals surface area contributed by atoms with E-state index in [0.717, 1.165) is 5.82 Å². The molecular weight excluding hydrogens is 344 g/mol. The van der Waals surface area contributed by atoms with E-state index in [-0.39, 0.29) is 29.9 Å². The number of carbonyl (C=O) groups is 2. The van der Waals surface area contributed by atoms with Gasteiger partial charge in [-0.3, -0.25) is 9.59 Å². The van der Waals surface area contributed by atoms with Crippen LogP contribution in [0, 0.1) is 0 Å². The van der Waals surface area contributed by atoms with Gasteiger partial charge in [-0.2, -0.15) is 0 Å². The molecule has 3 rings (SSSR count). The first-order chi connectivity index (χ1) is 11.9. The highest BCUT2D eigenvalue weighted by molar-refractivity contribution is 7.91. The van der Waals surface area contributed by atoms with Gasteiger partial charge in [0.2, 0.25) is 11.8 Å². The van der Waals surface area contributed by atoms with Crippen LogP contribution >= 0.6 is 0 Å². The van der Waals surface area contributed by atoms with E-state index in [1.165, 1.54) is 0 Å². The zero-order valence-electron chi connectivity index (χ0n) is 13.9. The fourth-order valence-corrected chi connectivity index (χ4v) is 4.84. The molecule has 1 aromatic heterocycles. The molecule has 2 fully saturated rings. The van der Waals surface area contributed by atoms with Crippen LogP contribution in [0.25, 0.3) is 0 Å². The van der Waals surface area contributed by atoms with Gasteiger partial charge in [0.05, 0.1) is 11.5 Å². The average Bonchev–Trinajstić information content (AvgIpc) is 2.94. The Balaban J connectivity index is 1.44. The lowest BCUT2D eigenvalue weighted by Gasteiger charge is -2.35. The fourth-order valence-electron chi connectivity index (χ4n) is 3.16. The third kappa shape index (κ3) is 4.68. The summed E-state index contributed by atoms with van der Waals surface area (Å²) in [4.78, 5) is 32.3. The quantitative estimate of drug-likeness (QED) is 0.716. The standard InChI is InChI=1S/C16H22N4O4S/c21-15(18-13-4-10-25(23,24)12-13)11-16(22)20-8-6-19(7-9-20)14-3-1-2-5-17-14/h1-3,5,13H,4,6-12H2,(H,18,21). The van der Waals surface area contributed by atoms with Crippen molar-refractivity contribution >= 4 is 27.5 Å². The summed E-state index contributed by atoms with van der Waals surface area (Å²) in [6.07, 6.45) is 1.92. The van der Waals surface area contributed by atoms with E-state index in [1.54, 1.807) is 11.1 Å². The smallest absolute Gasteiger partial charge is 0.232 e. The highest BCUT2D eigenvalue weighted by Crippen LogP contribution is 2.14. The van der Waals surface area contributed by atoms with E-state index in [2.05, 4.69) is 15.2 Å². The Morgan fingerprint density at radius 3 is 2.56 bits per heavy atom. The van der Waals surface area contributed by atoms with E-state index >= 15 is 0 Å². The van der Waals surface area contributed by atoms with Crippen LogP contribution in [0.1, 0.15) is 12.8 Å². The van der Waals surface area contributed by atoms with Crippen LogP contribution in [0.15, 0.2) is 24.4 Å². The average molecular weight is 366 g/mol. The van der Waals surface area contributed by atoms with Crippen molar-refractivity contribution in [3.05, 3.63) is 24.4 Å². The molecule has 1 N–H and O–H groups in total. The second kappa shape index (κ2) is 7.38. The van der Waals surface area contributed by atoms with Gasteiger partial charge in [-0.25, -0.2) is 13.4 Å². The van der Waals surface area contributed by atoms with Gasteiger partial charge in [-0.1, -0.05) is 6.07 Å². The molecule has 2 aliphatic rings. The number of hydrogen-bond acceptors (Lipinski definition) is 6. The second-order valence-corrected chi connectivity index (χ2v) is 8.63. The van der Waals surface area contributed by atoms with Gasteiger partial charge in [0, 0.05) is 38.4 Å². The highest BCUT2D eigenvalue weighted by Gasteiger charge is 2.30. The molecule has 0 bridgehead atoms. The molecule has 1 unspecified atom stereocenters. The number of carbonyl (C=O) groups excluding carboxylic acids is 2. The molecule has 1 atom stereocenters. The molecule has 9 heteroatoms. The van der Waals surface area contributed by atoms with Gasteiger partial charge in [-0.15, -0.1) is 0 Å². The van der Waals surface area contributed by atoms with E-state index in [9.17, 15) is 18.0 Å². The molecule has 0 saturated carbocycles. The van der Waals surface area contributed by atoms with Crippen molar-refractivity contribution in [1.29, 1.82) is 0 Å². The molecule has 2 aliphatic heterocycles. The number of pyridine rings is 1. The summed E-state index contributed by atoms with van der Waals surface area (Å²) in [5.74, 6) is 0.324. The molecule has 0 aliphatic carbocycles. The van der Waals surface area contributed by atoms with Crippen LogP contribution in [0.4, 0.5) is 5.82 Å². The Kier molecular flexibility index (Phi) is 5.22. The molecule has 0 aromatic carbocycles. The summed E-state index contributed by atoms with van der Waals surface area (Å²) >= 11 is 0. The Morgan fingerprint density at radius 1 is 1.20 bits per heavy atom. The van der Waals surface area contributed by atoms with Gasteiger partial charge >= 0.3 is 0 Å². The summed E-state index contributed by atoms with van der Waals surface area (Å²) < 4.78 is 22.8. The molecular formula is C16H22N4O4S. The van der Waals surface area contributed by atoms with Crippen molar-refractivity contribution in [2.75, 3.05) is 42.6 Å². The van der Waals surface area contributed by atoms with Gasteiger partial charge < -0.3 is 15.1 Å². The Labute approximate surface area is 147 Å². The van der Waals surface area contributed by atoms with Crippen LogP contribution in [-0.4, -0.2) is 73.8 Å². The van der Waals surface area contributed by atoms with Crippen molar-refractivity contribution in [3.63, 3.8) is 0 Å². The van der Waals surface area contributed by atoms with Crippen LogP contribution < -0.4 is 10.2 Å². The minimum absolute atomic E-state index is 0.0321. The molecule has 1 aromatic rings. The van der Waals surface area contributed by atoms with Crippen LogP contribution in [0.5, 0.6) is 0 Å². The third-order valence-electron chi connectivity index (χ3n) is 4.51. The summed E-state index contributed by atoms with van der Waals surface area (Å²) in [5.41, 5.74) is 0. The lowest BCUT2D eigenvalue weighted by molar-refractivity contribution is -0.136. The number of anilines is 1. The predicted molar refractivity (Wildman–Crippen MR) is 92.8 cm³/mol. The predicted octanol–water partition coefficient (Wildman–Crippen LogP) is -0.576. The summed E-state index contributed by atoms with van der Waals surface area (Å²) in [5, 5.41) is 2.65. The topological polar surface area (TPSA) is 99.7 Å². The number of amides is 2.